The predicted molar refractivity (Wildman–Crippen MR) is 80.0 cm³/mol. The van der Waals surface area contributed by atoms with E-state index >= 15 is 0 Å². The van der Waals surface area contributed by atoms with Crippen molar-refractivity contribution >= 4 is 17.4 Å². The van der Waals surface area contributed by atoms with E-state index < -0.39 is 17.5 Å². The van der Waals surface area contributed by atoms with Crippen molar-refractivity contribution in [1.29, 1.82) is 5.26 Å². The molecule has 0 aliphatic rings. The number of nitriles is 1. The van der Waals surface area contributed by atoms with Crippen LogP contribution in [0, 0.1) is 31.0 Å². The number of benzene rings is 2. The lowest BCUT2D eigenvalue weighted by Gasteiger charge is -2.12. The van der Waals surface area contributed by atoms with Crippen molar-refractivity contribution in [2.75, 3.05) is 0 Å². The highest BCUT2D eigenvalue weighted by Gasteiger charge is 2.26. The topological polar surface area (TPSA) is 40.9 Å². The molecule has 0 aliphatic heterocycles. The molecule has 2 nitrogen and oxygen atoms in total. The lowest BCUT2D eigenvalue weighted by atomic mass is 9.89. The lowest BCUT2D eigenvalue weighted by molar-refractivity contribution is 0.0977. The first-order valence-corrected chi connectivity index (χ1v) is 6.78. The molecular formula is C17H13ClFNO. The molecule has 21 heavy (non-hydrogen) atoms. The van der Waals surface area contributed by atoms with Gasteiger partial charge in [0, 0.05) is 11.1 Å². The molecule has 1 atom stereocenters. The third-order valence-corrected chi connectivity index (χ3v) is 3.62. The van der Waals surface area contributed by atoms with E-state index in [9.17, 15) is 14.4 Å². The smallest absolute Gasteiger partial charge is 0.184 e. The quantitative estimate of drug-likeness (QED) is 0.778. The molecule has 2 aromatic carbocycles. The minimum absolute atomic E-state index is 0.00924. The predicted octanol–water partition coefficient (Wildman–Crippen LogP) is 4.59. The van der Waals surface area contributed by atoms with Gasteiger partial charge in [0.1, 0.15) is 11.7 Å². The van der Waals surface area contributed by atoms with Gasteiger partial charge in [-0.15, -0.1) is 0 Å². The number of carbonyl (C=O) groups excluding carboxylic acids is 1. The molecule has 0 heterocycles. The molecule has 0 amide bonds. The number of aryl methyl sites for hydroxylation is 2. The van der Waals surface area contributed by atoms with Gasteiger partial charge in [0.25, 0.3) is 0 Å². The summed E-state index contributed by atoms with van der Waals surface area (Å²) in [5.41, 5.74) is 2.22. The molecule has 0 saturated carbocycles. The Bertz CT molecular complexity index is 749. The summed E-state index contributed by atoms with van der Waals surface area (Å²) < 4.78 is 14.0. The van der Waals surface area contributed by atoms with Crippen LogP contribution in [0.5, 0.6) is 0 Å². The van der Waals surface area contributed by atoms with Gasteiger partial charge in [-0.25, -0.2) is 4.39 Å². The van der Waals surface area contributed by atoms with Crippen molar-refractivity contribution < 1.29 is 9.18 Å². The molecule has 0 aromatic heterocycles. The summed E-state index contributed by atoms with van der Waals surface area (Å²) >= 11 is 5.72. The normalized spacial score (nSPS) is 11.8. The summed E-state index contributed by atoms with van der Waals surface area (Å²) in [6.45, 7) is 3.71. The summed E-state index contributed by atoms with van der Waals surface area (Å²) in [7, 11) is 0. The Morgan fingerprint density at radius 3 is 2.62 bits per heavy atom. The number of rotatable bonds is 3. The molecule has 2 aromatic rings. The van der Waals surface area contributed by atoms with Crippen LogP contribution in [0.15, 0.2) is 36.4 Å². The van der Waals surface area contributed by atoms with Crippen molar-refractivity contribution in [3.05, 3.63) is 69.5 Å². The minimum atomic E-state index is -1.20. The molecule has 0 radical (unpaired) electrons. The Kier molecular flexibility index (Phi) is 4.40. The van der Waals surface area contributed by atoms with Crippen LogP contribution < -0.4 is 0 Å². The van der Waals surface area contributed by atoms with Crippen LogP contribution >= 0.6 is 11.6 Å². The number of ketones is 1. The van der Waals surface area contributed by atoms with E-state index in [2.05, 4.69) is 0 Å². The van der Waals surface area contributed by atoms with Crippen LogP contribution in [0.25, 0.3) is 0 Å². The molecule has 0 aliphatic carbocycles. The summed E-state index contributed by atoms with van der Waals surface area (Å²) in [4.78, 5) is 12.5. The first-order valence-electron chi connectivity index (χ1n) is 6.40. The van der Waals surface area contributed by atoms with Crippen molar-refractivity contribution in [2.24, 2.45) is 0 Å². The Morgan fingerprint density at radius 2 is 2.00 bits per heavy atom. The molecular weight excluding hydrogens is 289 g/mol. The van der Waals surface area contributed by atoms with E-state index in [0.29, 0.717) is 5.56 Å². The van der Waals surface area contributed by atoms with Crippen LogP contribution in [0.2, 0.25) is 5.02 Å². The maximum Gasteiger partial charge on any atom is 0.184 e. The molecule has 4 heteroatoms. The standard InChI is InChI=1S/C17H13ClFNO/c1-10-6-7-12(11(2)8-10)17(21)14(9-20)13-4-3-5-15(18)16(13)19/h3-8,14H,1-2H3. The third-order valence-electron chi connectivity index (χ3n) is 3.33. The second-order valence-electron chi connectivity index (χ2n) is 4.89. The second kappa shape index (κ2) is 6.07. The molecule has 0 fully saturated rings. The van der Waals surface area contributed by atoms with Crippen LogP contribution in [0.4, 0.5) is 4.39 Å². The third kappa shape index (κ3) is 2.96. The maximum absolute atomic E-state index is 14.0. The van der Waals surface area contributed by atoms with E-state index in [1.165, 1.54) is 18.2 Å². The Hall–Kier alpha value is -2.18. The van der Waals surface area contributed by atoms with E-state index in [1.54, 1.807) is 19.1 Å². The SMILES string of the molecule is Cc1ccc(C(=O)C(C#N)c2cccc(Cl)c2F)c(C)c1. The molecule has 2 rings (SSSR count). The highest BCUT2D eigenvalue weighted by molar-refractivity contribution is 6.30. The fourth-order valence-corrected chi connectivity index (χ4v) is 2.44. The van der Waals surface area contributed by atoms with E-state index in [1.807, 2.05) is 19.1 Å². The fraction of sp³-hybridized carbons (Fsp3) is 0.176. The molecule has 0 spiro atoms. The van der Waals surface area contributed by atoms with Crippen LogP contribution in [0.3, 0.4) is 0 Å². The molecule has 0 saturated heterocycles. The number of hydrogen-bond acceptors (Lipinski definition) is 2. The van der Waals surface area contributed by atoms with Crippen LogP contribution in [-0.2, 0) is 0 Å². The van der Waals surface area contributed by atoms with Crippen LogP contribution in [0.1, 0.15) is 33.0 Å². The van der Waals surface area contributed by atoms with Gasteiger partial charge in [-0.3, -0.25) is 4.79 Å². The van der Waals surface area contributed by atoms with Gasteiger partial charge in [-0.1, -0.05) is 47.5 Å². The number of Topliss-reactive ketones (excluding diaryl/α,β-unsaturated/α-hetero) is 1. The maximum atomic E-state index is 14.0. The zero-order chi connectivity index (χ0) is 15.6. The Morgan fingerprint density at radius 1 is 1.29 bits per heavy atom. The monoisotopic (exact) mass is 301 g/mol. The average Bonchev–Trinajstić information content (AvgIpc) is 2.44. The van der Waals surface area contributed by atoms with Gasteiger partial charge in [0.15, 0.2) is 5.78 Å². The van der Waals surface area contributed by atoms with Crippen molar-refractivity contribution in [2.45, 2.75) is 19.8 Å². The highest BCUT2D eigenvalue weighted by Crippen LogP contribution is 2.28. The number of carbonyl (C=O) groups is 1. The van der Waals surface area contributed by atoms with Crippen molar-refractivity contribution in [3.63, 3.8) is 0 Å². The molecule has 106 valence electrons. The van der Waals surface area contributed by atoms with Crippen molar-refractivity contribution in [1.82, 2.24) is 0 Å². The summed E-state index contributed by atoms with van der Waals surface area (Å²) in [5, 5.41) is 9.20. The molecule has 0 bridgehead atoms. The zero-order valence-corrected chi connectivity index (χ0v) is 12.4. The summed E-state index contributed by atoms with van der Waals surface area (Å²) in [6, 6.07) is 11.5. The van der Waals surface area contributed by atoms with Gasteiger partial charge < -0.3 is 0 Å². The van der Waals surface area contributed by atoms with Gasteiger partial charge in [0.2, 0.25) is 0 Å². The molecule has 1 unspecified atom stereocenters. The van der Waals surface area contributed by atoms with Crippen LogP contribution in [-0.4, -0.2) is 5.78 Å². The van der Waals surface area contributed by atoms with E-state index in [0.717, 1.165) is 11.1 Å². The summed E-state index contributed by atoms with van der Waals surface area (Å²) in [5.74, 6) is -2.34. The second-order valence-corrected chi connectivity index (χ2v) is 5.29. The average molecular weight is 302 g/mol. The largest absolute Gasteiger partial charge is 0.292 e. The zero-order valence-electron chi connectivity index (χ0n) is 11.7. The Balaban J connectivity index is 2.49. The van der Waals surface area contributed by atoms with E-state index in [-0.39, 0.29) is 10.6 Å². The fourth-order valence-electron chi connectivity index (χ4n) is 2.26. The highest BCUT2D eigenvalue weighted by atomic mass is 35.5. The molecule has 0 N–H and O–H groups in total. The first-order chi connectivity index (χ1) is 9.95. The lowest BCUT2D eigenvalue weighted by Crippen LogP contribution is -2.14. The Labute approximate surface area is 127 Å². The van der Waals surface area contributed by atoms with Gasteiger partial charge in [0.05, 0.1) is 11.1 Å². The van der Waals surface area contributed by atoms with Crippen molar-refractivity contribution in [3.8, 4) is 6.07 Å². The summed E-state index contributed by atoms with van der Waals surface area (Å²) in [6.07, 6.45) is 0. The van der Waals surface area contributed by atoms with Gasteiger partial charge in [-0.2, -0.15) is 5.26 Å². The first kappa shape index (κ1) is 15.2. The van der Waals surface area contributed by atoms with Gasteiger partial charge >= 0.3 is 0 Å². The minimum Gasteiger partial charge on any atom is -0.292 e. The van der Waals surface area contributed by atoms with E-state index in [4.69, 9.17) is 11.6 Å². The number of halogens is 2. The number of hydrogen-bond donors (Lipinski definition) is 0. The van der Waals surface area contributed by atoms with Gasteiger partial charge in [-0.05, 0) is 25.5 Å². The number of nitrogens with zero attached hydrogens (tertiary/aromatic N) is 1.